The molecule has 0 atom stereocenters. The number of nitrogens with zero attached hydrogens (tertiary/aromatic N) is 2. The fraction of sp³-hybridized carbons (Fsp3) is 0.333. The molecule has 0 fully saturated rings. The van der Waals surface area contributed by atoms with Crippen LogP contribution >= 0.6 is 23.2 Å². The van der Waals surface area contributed by atoms with E-state index in [2.05, 4.69) is 36.1 Å². The number of aromatic nitrogens is 2. The van der Waals surface area contributed by atoms with E-state index in [4.69, 9.17) is 27.9 Å². The van der Waals surface area contributed by atoms with Gasteiger partial charge in [-0.2, -0.15) is 0 Å². The summed E-state index contributed by atoms with van der Waals surface area (Å²) in [7, 11) is 0. The summed E-state index contributed by atoms with van der Waals surface area (Å²) in [4.78, 5) is 8.53. The minimum atomic E-state index is 0.0119. The van der Waals surface area contributed by atoms with Gasteiger partial charge in [-0.05, 0) is 39.0 Å². The fourth-order valence-corrected chi connectivity index (χ4v) is 1.99. The number of halogens is 2. The van der Waals surface area contributed by atoms with Crippen molar-refractivity contribution in [1.82, 2.24) is 15.3 Å². The zero-order valence-corrected chi connectivity index (χ0v) is 13.7. The predicted octanol–water partition coefficient (Wildman–Crippen LogP) is 4.46. The van der Waals surface area contributed by atoms with Crippen molar-refractivity contribution >= 4 is 23.2 Å². The van der Waals surface area contributed by atoms with Gasteiger partial charge in [0.25, 0.3) is 0 Å². The summed E-state index contributed by atoms with van der Waals surface area (Å²) >= 11 is 11.9. The van der Waals surface area contributed by atoms with Crippen LogP contribution in [-0.2, 0) is 6.54 Å². The Labute approximate surface area is 134 Å². The van der Waals surface area contributed by atoms with Crippen molar-refractivity contribution in [3.8, 4) is 11.6 Å². The molecule has 0 aliphatic carbocycles. The van der Waals surface area contributed by atoms with E-state index in [1.807, 2.05) is 0 Å². The van der Waals surface area contributed by atoms with Crippen LogP contribution in [0.15, 0.2) is 30.6 Å². The molecule has 1 N–H and O–H groups in total. The third-order valence-electron chi connectivity index (χ3n) is 2.57. The molecule has 4 nitrogen and oxygen atoms in total. The van der Waals surface area contributed by atoms with E-state index >= 15 is 0 Å². The highest BCUT2D eigenvalue weighted by Crippen LogP contribution is 2.30. The lowest BCUT2D eigenvalue weighted by atomic mass is 10.1. The van der Waals surface area contributed by atoms with E-state index in [1.54, 1.807) is 30.6 Å². The Balaban J connectivity index is 2.10. The molecule has 6 heteroatoms. The Morgan fingerprint density at radius 1 is 1.19 bits per heavy atom. The van der Waals surface area contributed by atoms with Gasteiger partial charge in [0.1, 0.15) is 5.75 Å². The monoisotopic (exact) mass is 325 g/mol. The lowest BCUT2D eigenvalue weighted by Crippen LogP contribution is -2.35. The quantitative estimate of drug-likeness (QED) is 0.901. The zero-order valence-electron chi connectivity index (χ0n) is 12.2. The maximum atomic E-state index is 6.07. The molecule has 0 aliphatic rings. The summed E-state index contributed by atoms with van der Waals surface area (Å²) in [6.07, 6.45) is 3.25. The second-order valence-corrected chi connectivity index (χ2v) is 6.47. The summed E-state index contributed by atoms with van der Waals surface area (Å²) in [5, 5.41) is 4.34. The molecule has 0 saturated carbocycles. The molecule has 2 rings (SSSR count). The molecule has 0 unspecified atom stereocenters. The van der Waals surface area contributed by atoms with E-state index in [9.17, 15) is 0 Å². The summed E-state index contributed by atoms with van der Waals surface area (Å²) in [6.45, 7) is 6.89. The standard InChI is InChI=1S/C15H17Cl2N3O/c1-15(2,3)19-8-11-7-18-9-14(20-11)21-13-5-4-10(16)6-12(13)17/h4-7,9,19H,8H2,1-3H3. The highest BCUT2D eigenvalue weighted by Gasteiger charge is 2.10. The molecule has 1 aromatic heterocycles. The lowest BCUT2D eigenvalue weighted by Gasteiger charge is -2.20. The molecule has 112 valence electrons. The van der Waals surface area contributed by atoms with Crippen molar-refractivity contribution in [2.45, 2.75) is 32.9 Å². The van der Waals surface area contributed by atoms with Gasteiger partial charge in [0.15, 0.2) is 0 Å². The SMILES string of the molecule is CC(C)(C)NCc1cncc(Oc2ccc(Cl)cc2Cl)n1. The first kappa shape index (κ1) is 16.0. The van der Waals surface area contributed by atoms with Crippen molar-refractivity contribution in [3.63, 3.8) is 0 Å². The number of ether oxygens (including phenoxy) is 1. The molecular formula is C15H17Cl2N3O. The van der Waals surface area contributed by atoms with E-state index in [1.165, 1.54) is 0 Å². The Bertz CT molecular complexity index is 627. The largest absolute Gasteiger partial charge is 0.436 e. The fourth-order valence-electron chi connectivity index (χ4n) is 1.55. The average Bonchev–Trinajstić information content (AvgIpc) is 2.39. The van der Waals surface area contributed by atoms with Gasteiger partial charge in [-0.25, -0.2) is 4.98 Å². The first-order chi connectivity index (χ1) is 9.83. The van der Waals surface area contributed by atoms with Crippen LogP contribution in [0.25, 0.3) is 0 Å². The Morgan fingerprint density at radius 3 is 2.62 bits per heavy atom. The summed E-state index contributed by atoms with van der Waals surface area (Å²) < 4.78 is 5.64. The van der Waals surface area contributed by atoms with Crippen molar-refractivity contribution < 1.29 is 4.74 Å². The van der Waals surface area contributed by atoms with E-state index in [0.29, 0.717) is 28.2 Å². The molecule has 1 heterocycles. The third-order valence-corrected chi connectivity index (χ3v) is 3.10. The molecule has 0 amide bonds. The first-order valence-electron chi connectivity index (χ1n) is 6.52. The van der Waals surface area contributed by atoms with Gasteiger partial charge in [-0.1, -0.05) is 23.2 Å². The van der Waals surface area contributed by atoms with Crippen LogP contribution in [0.3, 0.4) is 0 Å². The molecule has 1 aromatic carbocycles. The molecule has 21 heavy (non-hydrogen) atoms. The number of rotatable bonds is 4. The minimum absolute atomic E-state index is 0.0119. The van der Waals surface area contributed by atoms with Gasteiger partial charge in [0, 0.05) is 23.3 Å². The molecular weight excluding hydrogens is 309 g/mol. The Kier molecular flexibility index (Phi) is 5.04. The maximum Gasteiger partial charge on any atom is 0.238 e. The molecule has 0 spiro atoms. The first-order valence-corrected chi connectivity index (χ1v) is 7.28. The second-order valence-electron chi connectivity index (χ2n) is 5.63. The topological polar surface area (TPSA) is 47.0 Å². The van der Waals surface area contributed by atoms with Gasteiger partial charge in [-0.15, -0.1) is 0 Å². The Hall–Kier alpha value is -1.36. The molecule has 0 bridgehead atoms. The highest BCUT2D eigenvalue weighted by atomic mass is 35.5. The van der Waals surface area contributed by atoms with Crippen LogP contribution in [-0.4, -0.2) is 15.5 Å². The van der Waals surface area contributed by atoms with Gasteiger partial charge < -0.3 is 10.1 Å². The normalized spacial score (nSPS) is 11.5. The van der Waals surface area contributed by atoms with Crippen molar-refractivity contribution in [3.05, 3.63) is 46.3 Å². The van der Waals surface area contributed by atoms with Crippen molar-refractivity contribution in [1.29, 1.82) is 0 Å². The minimum Gasteiger partial charge on any atom is -0.436 e. The van der Waals surface area contributed by atoms with E-state index in [0.717, 1.165) is 5.69 Å². The lowest BCUT2D eigenvalue weighted by molar-refractivity contribution is 0.414. The maximum absolute atomic E-state index is 6.07. The summed E-state index contributed by atoms with van der Waals surface area (Å²) in [6, 6.07) is 5.03. The van der Waals surface area contributed by atoms with E-state index < -0.39 is 0 Å². The van der Waals surface area contributed by atoms with Crippen LogP contribution in [0, 0.1) is 0 Å². The molecule has 0 aliphatic heterocycles. The smallest absolute Gasteiger partial charge is 0.238 e. The van der Waals surface area contributed by atoms with Crippen molar-refractivity contribution in [2.75, 3.05) is 0 Å². The summed E-state index contributed by atoms with van der Waals surface area (Å²) in [5.41, 5.74) is 0.811. The average molecular weight is 326 g/mol. The van der Waals surface area contributed by atoms with Crippen LogP contribution in [0.1, 0.15) is 26.5 Å². The van der Waals surface area contributed by atoms with Gasteiger partial charge in [-0.3, -0.25) is 4.98 Å². The Morgan fingerprint density at radius 2 is 1.95 bits per heavy atom. The van der Waals surface area contributed by atoms with Crippen molar-refractivity contribution in [2.24, 2.45) is 0 Å². The number of hydrogen-bond donors (Lipinski definition) is 1. The summed E-state index contributed by atoms with van der Waals surface area (Å²) in [5.74, 6) is 0.892. The van der Waals surface area contributed by atoms with Crippen LogP contribution in [0.5, 0.6) is 11.6 Å². The van der Waals surface area contributed by atoms with E-state index in [-0.39, 0.29) is 5.54 Å². The third kappa shape index (κ3) is 5.16. The van der Waals surface area contributed by atoms with Crippen LogP contribution in [0.4, 0.5) is 0 Å². The molecule has 2 aromatic rings. The van der Waals surface area contributed by atoms with Gasteiger partial charge >= 0.3 is 0 Å². The number of nitrogens with one attached hydrogen (secondary N) is 1. The van der Waals surface area contributed by atoms with Crippen LogP contribution < -0.4 is 10.1 Å². The second kappa shape index (κ2) is 6.60. The highest BCUT2D eigenvalue weighted by molar-refractivity contribution is 6.35. The molecule has 0 radical (unpaired) electrons. The zero-order chi connectivity index (χ0) is 15.5. The van der Waals surface area contributed by atoms with Gasteiger partial charge in [0.2, 0.25) is 5.88 Å². The van der Waals surface area contributed by atoms with Gasteiger partial charge in [0.05, 0.1) is 16.9 Å². The molecule has 0 saturated heterocycles. The predicted molar refractivity (Wildman–Crippen MR) is 85.2 cm³/mol. The van der Waals surface area contributed by atoms with Crippen LogP contribution in [0.2, 0.25) is 10.0 Å². The number of hydrogen-bond acceptors (Lipinski definition) is 4. The number of benzene rings is 1.